The number of Topliss-reactive ketones (excluding diaryl/α,β-unsaturated/α-hetero) is 2. The first kappa shape index (κ1) is 35.1. The minimum atomic E-state index is -3.39. The van der Waals surface area contributed by atoms with E-state index in [0.29, 0.717) is 33.4 Å². The predicted molar refractivity (Wildman–Crippen MR) is 208 cm³/mol. The molecule has 0 N–H and O–H groups in total. The zero-order chi connectivity index (χ0) is 36.3. The summed E-state index contributed by atoms with van der Waals surface area (Å²) in [5.74, 6) is -0.664. The third-order valence-corrected chi connectivity index (χ3v) is 14.9. The Hall–Kier alpha value is -5.78. The van der Waals surface area contributed by atoms with Crippen LogP contribution in [-0.2, 0) is 0 Å². The molecule has 0 unspecified atom stereocenters. The molecule has 51 heavy (non-hydrogen) atoms. The summed E-state index contributed by atoms with van der Waals surface area (Å²) < 4.78 is 0. The van der Waals surface area contributed by atoms with Gasteiger partial charge in [0.2, 0.25) is 0 Å². The van der Waals surface area contributed by atoms with Gasteiger partial charge in [-0.05, 0) is 49.9 Å². The summed E-state index contributed by atoms with van der Waals surface area (Å²) in [6, 6.07) is 44.6. The molecule has 0 heterocycles. The fourth-order valence-corrected chi connectivity index (χ4v) is 11.1. The number of ketones is 4. The highest BCUT2D eigenvalue weighted by molar-refractivity contribution is 7.06. The summed E-state index contributed by atoms with van der Waals surface area (Å²) in [5, 5.41) is 1.66. The summed E-state index contributed by atoms with van der Waals surface area (Å²) in [7, 11) is -3.39. The van der Waals surface area contributed by atoms with Crippen molar-refractivity contribution in [3.8, 4) is 0 Å². The van der Waals surface area contributed by atoms with Crippen LogP contribution in [0.15, 0.2) is 146 Å². The predicted octanol–water partition coefficient (Wildman–Crippen LogP) is 8.71. The SMILES string of the molecule is Cc1ccccc1C(=O)c1ccc([Si](C)(c2ccc(C(=O)c3ccccc3C)cc2)C(C(=O)c2ccccc2C)C(=O)c2ccccc2C)cc1. The Bertz CT molecular complexity index is 2120. The molecule has 6 aromatic rings. The Labute approximate surface area is 300 Å². The second kappa shape index (κ2) is 14.6. The van der Waals surface area contributed by atoms with Gasteiger partial charge in [-0.15, -0.1) is 0 Å². The van der Waals surface area contributed by atoms with E-state index in [2.05, 4.69) is 6.55 Å². The van der Waals surface area contributed by atoms with Crippen LogP contribution in [0.4, 0.5) is 0 Å². The molecule has 0 amide bonds. The van der Waals surface area contributed by atoms with Gasteiger partial charge in [0, 0.05) is 33.4 Å². The van der Waals surface area contributed by atoms with Crippen molar-refractivity contribution in [3.05, 3.63) is 201 Å². The maximum Gasteiger partial charge on any atom is 0.193 e. The smallest absolute Gasteiger partial charge is 0.193 e. The molecule has 0 aliphatic rings. The third kappa shape index (κ3) is 6.73. The van der Waals surface area contributed by atoms with Gasteiger partial charge in [-0.2, -0.15) is 0 Å². The summed E-state index contributed by atoms with van der Waals surface area (Å²) in [6.07, 6.45) is 0. The van der Waals surface area contributed by atoms with Crippen molar-refractivity contribution in [3.63, 3.8) is 0 Å². The normalized spacial score (nSPS) is 11.3. The van der Waals surface area contributed by atoms with Crippen LogP contribution in [0, 0.1) is 27.7 Å². The van der Waals surface area contributed by atoms with E-state index in [1.807, 2.05) is 137 Å². The van der Waals surface area contributed by atoms with Crippen molar-refractivity contribution >= 4 is 41.6 Å². The maximum atomic E-state index is 15.0. The lowest BCUT2D eigenvalue weighted by Crippen LogP contribution is -2.63. The number of carbonyl (C=O) groups excluding carboxylic acids is 4. The molecule has 0 radical (unpaired) electrons. The van der Waals surface area contributed by atoms with E-state index < -0.39 is 13.6 Å². The van der Waals surface area contributed by atoms with Crippen molar-refractivity contribution < 1.29 is 19.2 Å². The first-order valence-electron chi connectivity index (χ1n) is 17.1. The minimum absolute atomic E-state index is 0.0920. The first-order chi connectivity index (χ1) is 24.5. The van der Waals surface area contributed by atoms with Crippen molar-refractivity contribution in [2.24, 2.45) is 0 Å². The zero-order valence-electron chi connectivity index (χ0n) is 29.6. The van der Waals surface area contributed by atoms with Crippen LogP contribution in [0.5, 0.6) is 0 Å². The molecule has 0 saturated carbocycles. The second-order valence-electron chi connectivity index (χ2n) is 13.4. The average Bonchev–Trinajstić information content (AvgIpc) is 3.15. The number of carbonyl (C=O) groups is 4. The summed E-state index contributed by atoms with van der Waals surface area (Å²) >= 11 is 0. The number of hydrogen-bond acceptors (Lipinski definition) is 4. The lowest BCUT2D eigenvalue weighted by Gasteiger charge is -2.36. The minimum Gasteiger partial charge on any atom is -0.294 e. The van der Waals surface area contributed by atoms with Crippen LogP contribution >= 0.6 is 0 Å². The highest BCUT2D eigenvalue weighted by Crippen LogP contribution is 2.33. The first-order valence-corrected chi connectivity index (χ1v) is 19.7. The van der Waals surface area contributed by atoms with E-state index in [1.165, 1.54) is 0 Å². The van der Waals surface area contributed by atoms with E-state index in [9.17, 15) is 19.2 Å². The Morgan fingerprint density at radius 1 is 0.392 bits per heavy atom. The maximum absolute atomic E-state index is 15.0. The summed E-state index contributed by atoms with van der Waals surface area (Å²) in [5.41, 5.74) is 5.61. The van der Waals surface area contributed by atoms with E-state index >= 15 is 0 Å². The molecule has 0 spiro atoms. The molecule has 0 aromatic heterocycles. The number of hydrogen-bond donors (Lipinski definition) is 0. The van der Waals surface area contributed by atoms with Crippen molar-refractivity contribution in [2.45, 2.75) is 39.8 Å². The highest BCUT2D eigenvalue weighted by atomic mass is 28.3. The van der Waals surface area contributed by atoms with E-state index in [1.54, 1.807) is 36.4 Å². The van der Waals surface area contributed by atoms with Crippen molar-refractivity contribution in [1.82, 2.24) is 0 Å². The van der Waals surface area contributed by atoms with Crippen LogP contribution in [0.2, 0.25) is 12.1 Å². The van der Waals surface area contributed by atoms with Crippen LogP contribution in [-0.4, -0.2) is 31.2 Å². The van der Waals surface area contributed by atoms with Gasteiger partial charge in [-0.1, -0.05) is 163 Å². The standard InChI is InChI=1S/C46H40O4Si/c1-30-14-6-10-18-38(30)42(47)34-22-26-36(27-23-34)51(5,37-28-24-35(25-29-37)43(48)39-19-11-7-15-31(39)2)46(44(49)40-20-12-8-16-32(40)3)45(50)41-21-13-9-17-33(41)4/h6-29,46H,1-5H3. The molecular weight excluding hydrogens is 645 g/mol. The molecule has 6 rings (SSSR count). The monoisotopic (exact) mass is 684 g/mol. The van der Waals surface area contributed by atoms with Crippen molar-refractivity contribution in [1.29, 1.82) is 0 Å². The molecule has 5 heteroatoms. The number of benzene rings is 6. The molecule has 0 bridgehead atoms. The van der Waals surface area contributed by atoms with E-state index in [4.69, 9.17) is 0 Å². The largest absolute Gasteiger partial charge is 0.294 e. The van der Waals surface area contributed by atoms with Gasteiger partial charge in [0.05, 0.1) is 5.54 Å². The van der Waals surface area contributed by atoms with Gasteiger partial charge in [0.15, 0.2) is 23.1 Å². The van der Waals surface area contributed by atoms with Crippen LogP contribution < -0.4 is 10.4 Å². The van der Waals surface area contributed by atoms with Crippen molar-refractivity contribution in [2.75, 3.05) is 0 Å². The lowest BCUT2D eigenvalue weighted by molar-refractivity contribution is 0.0889. The molecule has 0 atom stereocenters. The fraction of sp³-hybridized carbons (Fsp3) is 0.130. The zero-order valence-corrected chi connectivity index (χ0v) is 30.6. The molecule has 6 aromatic carbocycles. The molecule has 252 valence electrons. The second-order valence-corrected chi connectivity index (χ2v) is 17.6. The van der Waals surface area contributed by atoms with Gasteiger partial charge in [-0.25, -0.2) is 0 Å². The molecule has 4 nitrogen and oxygen atoms in total. The molecule has 0 aliphatic carbocycles. The molecule has 0 saturated heterocycles. The topological polar surface area (TPSA) is 68.3 Å². The molecular formula is C46H40O4Si. The van der Waals surface area contributed by atoms with Gasteiger partial charge in [-0.3, -0.25) is 19.2 Å². The number of aryl methyl sites for hydroxylation is 4. The van der Waals surface area contributed by atoms with E-state index in [-0.39, 0.29) is 23.1 Å². The van der Waals surface area contributed by atoms with Crippen LogP contribution in [0.1, 0.15) is 74.8 Å². The Morgan fingerprint density at radius 3 is 0.961 bits per heavy atom. The van der Waals surface area contributed by atoms with Crippen LogP contribution in [0.25, 0.3) is 0 Å². The lowest BCUT2D eigenvalue weighted by atomic mass is 9.96. The van der Waals surface area contributed by atoms with Gasteiger partial charge in [0.25, 0.3) is 0 Å². The average molecular weight is 685 g/mol. The Morgan fingerprint density at radius 2 is 0.667 bits per heavy atom. The molecule has 0 fully saturated rings. The van der Waals surface area contributed by atoms with Gasteiger partial charge >= 0.3 is 0 Å². The summed E-state index contributed by atoms with van der Waals surface area (Å²) in [4.78, 5) is 57.2. The van der Waals surface area contributed by atoms with Crippen LogP contribution in [0.3, 0.4) is 0 Å². The fourth-order valence-electron chi connectivity index (χ4n) is 7.06. The van der Waals surface area contributed by atoms with E-state index in [0.717, 1.165) is 32.6 Å². The Kier molecular flexibility index (Phi) is 10.0. The number of rotatable bonds is 11. The summed E-state index contributed by atoms with van der Waals surface area (Å²) in [6.45, 7) is 9.66. The molecule has 0 aliphatic heterocycles. The van der Waals surface area contributed by atoms with Gasteiger partial charge in [0.1, 0.15) is 8.07 Å². The van der Waals surface area contributed by atoms with Gasteiger partial charge < -0.3 is 0 Å². The Balaban J connectivity index is 1.55. The third-order valence-electron chi connectivity index (χ3n) is 10.2. The quantitative estimate of drug-likeness (QED) is 0.0778. The highest BCUT2D eigenvalue weighted by Gasteiger charge is 2.49.